The van der Waals surface area contributed by atoms with Crippen molar-refractivity contribution in [2.24, 2.45) is 0 Å². The van der Waals surface area contributed by atoms with Gasteiger partial charge in [-0.3, -0.25) is 4.79 Å². The van der Waals surface area contributed by atoms with Crippen LogP contribution in [0.1, 0.15) is 5.56 Å². The minimum Gasteiger partial charge on any atom is -0.506 e. The summed E-state index contributed by atoms with van der Waals surface area (Å²) in [4.78, 5) is 19.1. The molecule has 0 aliphatic heterocycles. The van der Waals surface area contributed by atoms with Gasteiger partial charge in [-0.2, -0.15) is 4.98 Å². The quantitative estimate of drug-likeness (QED) is 0.585. The van der Waals surface area contributed by atoms with E-state index < -0.39 is 11.4 Å². The molecule has 0 bridgehead atoms. The maximum Gasteiger partial charge on any atom is 0.267 e. The molecule has 2 N–H and O–H groups in total. The monoisotopic (exact) mass is 337 g/mol. The van der Waals surface area contributed by atoms with Crippen LogP contribution in [0.25, 0.3) is 33.7 Å². The van der Waals surface area contributed by atoms with Gasteiger partial charge in [-0.05, 0) is 31.2 Å². The summed E-state index contributed by atoms with van der Waals surface area (Å²) < 4.78 is 18.5. The number of pyridine rings is 1. The molecule has 0 amide bonds. The SMILES string of the molecule is Cc1ccc2[nH]c(=O)c(-c3nc(-c4cccc(F)c4)no3)c(O)c2c1. The molecule has 2 heterocycles. The maximum atomic E-state index is 13.3. The van der Waals surface area contributed by atoms with Crippen LogP contribution in [0.5, 0.6) is 5.75 Å². The van der Waals surface area contributed by atoms with Crippen LogP contribution in [-0.4, -0.2) is 20.2 Å². The molecule has 0 unspecified atom stereocenters. The van der Waals surface area contributed by atoms with Gasteiger partial charge in [-0.1, -0.05) is 28.9 Å². The Morgan fingerprint density at radius 3 is 2.84 bits per heavy atom. The fourth-order valence-electron chi connectivity index (χ4n) is 2.66. The molecule has 0 saturated heterocycles. The lowest BCUT2D eigenvalue weighted by Crippen LogP contribution is -2.09. The number of aromatic amines is 1. The Bertz CT molecular complexity index is 1160. The summed E-state index contributed by atoms with van der Waals surface area (Å²) >= 11 is 0. The van der Waals surface area contributed by atoms with Gasteiger partial charge in [0.05, 0.1) is 5.52 Å². The normalized spacial score (nSPS) is 11.1. The molecule has 25 heavy (non-hydrogen) atoms. The molecular weight excluding hydrogens is 325 g/mol. The van der Waals surface area contributed by atoms with Crippen molar-refractivity contribution in [3.05, 3.63) is 64.2 Å². The zero-order valence-corrected chi connectivity index (χ0v) is 13.1. The van der Waals surface area contributed by atoms with Crippen LogP contribution >= 0.6 is 0 Å². The van der Waals surface area contributed by atoms with Gasteiger partial charge in [-0.25, -0.2) is 4.39 Å². The average molecular weight is 337 g/mol. The second kappa shape index (κ2) is 5.55. The van der Waals surface area contributed by atoms with Crippen LogP contribution in [0.4, 0.5) is 4.39 Å². The largest absolute Gasteiger partial charge is 0.506 e. The highest BCUT2D eigenvalue weighted by molar-refractivity contribution is 5.90. The van der Waals surface area contributed by atoms with E-state index in [0.717, 1.165) is 5.56 Å². The molecular formula is C18H12FN3O3. The minimum absolute atomic E-state index is 0.117. The van der Waals surface area contributed by atoms with Crippen molar-refractivity contribution < 1.29 is 14.0 Å². The number of aromatic hydroxyl groups is 1. The number of rotatable bonds is 2. The van der Waals surface area contributed by atoms with Crippen molar-refractivity contribution in [2.75, 3.05) is 0 Å². The van der Waals surface area contributed by atoms with E-state index in [1.54, 1.807) is 18.2 Å². The van der Waals surface area contributed by atoms with Gasteiger partial charge in [0.15, 0.2) is 0 Å². The lowest BCUT2D eigenvalue weighted by molar-refractivity contribution is 0.426. The van der Waals surface area contributed by atoms with Crippen LogP contribution in [0.15, 0.2) is 51.8 Å². The van der Waals surface area contributed by atoms with Crippen molar-refractivity contribution in [2.45, 2.75) is 6.92 Å². The smallest absolute Gasteiger partial charge is 0.267 e. The molecule has 0 aliphatic rings. The van der Waals surface area contributed by atoms with Crippen molar-refractivity contribution >= 4 is 10.9 Å². The van der Waals surface area contributed by atoms with Crippen LogP contribution in [0, 0.1) is 12.7 Å². The van der Waals surface area contributed by atoms with Crippen LogP contribution in [0.2, 0.25) is 0 Å². The van der Waals surface area contributed by atoms with Crippen molar-refractivity contribution in [1.82, 2.24) is 15.1 Å². The number of hydrogen-bond acceptors (Lipinski definition) is 5. The van der Waals surface area contributed by atoms with Crippen molar-refractivity contribution in [1.29, 1.82) is 0 Å². The summed E-state index contributed by atoms with van der Waals surface area (Å²) in [5, 5.41) is 14.8. The fraction of sp³-hybridized carbons (Fsp3) is 0.0556. The lowest BCUT2D eigenvalue weighted by atomic mass is 10.1. The molecule has 4 aromatic rings. The fourth-order valence-corrected chi connectivity index (χ4v) is 2.66. The van der Waals surface area contributed by atoms with Crippen LogP contribution < -0.4 is 5.56 Å². The number of hydrogen-bond donors (Lipinski definition) is 2. The molecule has 7 heteroatoms. The number of aromatic nitrogens is 3. The van der Waals surface area contributed by atoms with E-state index in [9.17, 15) is 14.3 Å². The van der Waals surface area contributed by atoms with Gasteiger partial charge in [0.2, 0.25) is 5.82 Å². The number of aryl methyl sites for hydroxylation is 1. The molecule has 0 saturated carbocycles. The standard InChI is InChI=1S/C18H12FN3O3/c1-9-5-6-13-12(7-9)15(23)14(17(24)20-13)18-21-16(22-25-18)10-3-2-4-11(19)8-10/h2-8H,1H3,(H2,20,23,24). The average Bonchev–Trinajstić information content (AvgIpc) is 3.05. The highest BCUT2D eigenvalue weighted by atomic mass is 19.1. The number of fused-ring (bicyclic) bond motifs is 1. The summed E-state index contributed by atoms with van der Waals surface area (Å²) in [6.07, 6.45) is 0. The van der Waals surface area contributed by atoms with Crippen molar-refractivity contribution in [3.63, 3.8) is 0 Å². The Morgan fingerprint density at radius 2 is 2.04 bits per heavy atom. The second-order valence-electron chi connectivity index (χ2n) is 5.66. The van der Waals surface area contributed by atoms with E-state index in [4.69, 9.17) is 4.52 Å². The van der Waals surface area contributed by atoms with E-state index in [1.807, 2.05) is 13.0 Å². The third-order valence-electron chi connectivity index (χ3n) is 3.86. The minimum atomic E-state index is -0.553. The Kier molecular flexibility index (Phi) is 3.35. The number of nitrogens with one attached hydrogen (secondary N) is 1. The Labute approximate surface area is 140 Å². The number of H-pyrrole nitrogens is 1. The maximum absolute atomic E-state index is 13.3. The predicted octanol–water partition coefficient (Wildman–Crippen LogP) is 3.40. The van der Waals surface area contributed by atoms with Gasteiger partial charge < -0.3 is 14.6 Å². The molecule has 0 spiro atoms. The summed E-state index contributed by atoms with van der Waals surface area (Å²) in [5.41, 5.74) is 1.16. The first-order chi connectivity index (χ1) is 12.0. The van der Waals surface area contributed by atoms with E-state index in [2.05, 4.69) is 15.1 Å². The Morgan fingerprint density at radius 1 is 1.20 bits per heavy atom. The first-order valence-electron chi connectivity index (χ1n) is 7.48. The zero-order chi connectivity index (χ0) is 17.6. The van der Waals surface area contributed by atoms with Crippen LogP contribution in [-0.2, 0) is 0 Å². The molecule has 0 radical (unpaired) electrons. The summed E-state index contributed by atoms with van der Waals surface area (Å²) in [5.74, 6) is -0.693. The van der Waals surface area contributed by atoms with Gasteiger partial charge in [0.1, 0.15) is 17.1 Å². The molecule has 2 aromatic heterocycles. The third kappa shape index (κ3) is 2.55. The topological polar surface area (TPSA) is 92.0 Å². The van der Waals surface area contributed by atoms with Gasteiger partial charge in [0.25, 0.3) is 11.4 Å². The van der Waals surface area contributed by atoms with Crippen molar-refractivity contribution in [3.8, 4) is 28.6 Å². The second-order valence-corrected chi connectivity index (χ2v) is 5.66. The molecule has 2 aromatic carbocycles. The van der Waals surface area contributed by atoms with E-state index in [-0.39, 0.29) is 23.0 Å². The summed E-state index contributed by atoms with van der Waals surface area (Å²) in [7, 11) is 0. The lowest BCUT2D eigenvalue weighted by Gasteiger charge is -2.05. The summed E-state index contributed by atoms with van der Waals surface area (Å²) in [6.45, 7) is 1.87. The molecule has 6 nitrogen and oxygen atoms in total. The van der Waals surface area contributed by atoms with Gasteiger partial charge >= 0.3 is 0 Å². The third-order valence-corrected chi connectivity index (χ3v) is 3.86. The van der Waals surface area contributed by atoms with E-state index in [0.29, 0.717) is 16.5 Å². The Balaban J connectivity index is 1.89. The predicted molar refractivity (Wildman–Crippen MR) is 89.7 cm³/mol. The summed E-state index contributed by atoms with van der Waals surface area (Å²) in [6, 6.07) is 11.0. The Hall–Kier alpha value is -3.48. The number of halogens is 1. The molecule has 4 rings (SSSR count). The molecule has 0 atom stereocenters. The highest BCUT2D eigenvalue weighted by Crippen LogP contribution is 2.32. The molecule has 0 fully saturated rings. The number of nitrogens with zero attached hydrogens (tertiary/aromatic N) is 2. The van der Waals surface area contributed by atoms with Gasteiger partial charge in [-0.15, -0.1) is 0 Å². The zero-order valence-electron chi connectivity index (χ0n) is 13.1. The number of benzene rings is 2. The van der Waals surface area contributed by atoms with E-state index >= 15 is 0 Å². The highest BCUT2D eigenvalue weighted by Gasteiger charge is 2.20. The first kappa shape index (κ1) is 15.1. The molecule has 124 valence electrons. The van der Waals surface area contributed by atoms with Gasteiger partial charge in [0, 0.05) is 10.9 Å². The molecule has 0 aliphatic carbocycles. The van der Waals surface area contributed by atoms with Crippen LogP contribution in [0.3, 0.4) is 0 Å². The first-order valence-corrected chi connectivity index (χ1v) is 7.48. The van der Waals surface area contributed by atoms with E-state index in [1.165, 1.54) is 18.2 Å².